The van der Waals surface area contributed by atoms with Crippen LogP contribution in [0.25, 0.3) is 6.08 Å². The van der Waals surface area contributed by atoms with Crippen LogP contribution in [0, 0.1) is 10.1 Å². The Labute approximate surface area is 204 Å². The minimum Gasteiger partial charge on any atom is -0.493 e. The van der Waals surface area contributed by atoms with Gasteiger partial charge in [-0.1, -0.05) is 24.3 Å². The van der Waals surface area contributed by atoms with E-state index in [0.29, 0.717) is 22.8 Å². The zero-order valence-corrected chi connectivity index (χ0v) is 19.3. The predicted molar refractivity (Wildman–Crippen MR) is 129 cm³/mol. The van der Waals surface area contributed by atoms with Crippen LogP contribution in [0.15, 0.2) is 71.8 Å². The summed E-state index contributed by atoms with van der Waals surface area (Å²) in [4.78, 5) is 40.7. The highest BCUT2D eigenvalue weighted by molar-refractivity contribution is 8.18. The van der Waals surface area contributed by atoms with E-state index in [1.54, 1.807) is 36.4 Å². The van der Waals surface area contributed by atoms with Crippen LogP contribution in [-0.4, -0.2) is 46.2 Å². The number of thioether (sulfide) groups is 1. The number of hydrogen-bond acceptors (Lipinski definition) is 9. The second-order valence-electron chi connectivity index (χ2n) is 7.12. The molecule has 0 aliphatic carbocycles. The number of para-hydroxylation sites is 1. The van der Waals surface area contributed by atoms with Crippen LogP contribution < -0.4 is 14.2 Å². The number of nitrogens with zero attached hydrogens (tertiary/aromatic N) is 3. The second kappa shape index (κ2) is 10.7. The van der Waals surface area contributed by atoms with Crippen LogP contribution in [-0.2, 0) is 4.79 Å². The lowest BCUT2D eigenvalue weighted by molar-refractivity contribution is -0.385. The molecule has 0 bridgehead atoms. The molecule has 1 aromatic heterocycles. The maximum absolute atomic E-state index is 12.7. The molecule has 1 saturated heterocycles. The number of nitro groups is 1. The third-order valence-corrected chi connectivity index (χ3v) is 5.74. The maximum atomic E-state index is 12.7. The molecule has 1 aliphatic heterocycles. The highest BCUT2D eigenvalue weighted by Gasteiger charge is 2.34. The van der Waals surface area contributed by atoms with Crippen molar-refractivity contribution in [2.24, 2.45) is 0 Å². The van der Waals surface area contributed by atoms with Crippen molar-refractivity contribution in [3.63, 3.8) is 0 Å². The summed E-state index contributed by atoms with van der Waals surface area (Å²) in [7, 11) is 1.45. The van der Waals surface area contributed by atoms with Crippen molar-refractivity contribution in [1.82, 2.24) is 9.88 Å². The summed E-state index contributed by atoms with van der Waals surface area (Å²) in [6.45, 7) is 0.321. The molecule has 10 nitrogen and oxygen atoms in total. The molecule has 2 amide bonds. The first kappa shape index (κ1) is 23.8. The average Bonchev–Trinajstić information content (AvgIpc) is 3.13. The highest BCUT2D eigenvalue weighted by atomic mass is 32.2. The number of rotatable bonds is 9. The van der Waals surface area contributed by atoms with Gasteiger partial charge in [-0.2, -0.15) is 0 Å². The number of methoxy groups -OCH3 is 1. The Morgan fingerprint density at radius 3 is 2.57 bits per heavy atom. The summed E-state index contributed by atoms with van der Waals surface area (Å²) in [5, 5.41) is 10.4. The van der Waals surface area contributed by atoms with E-state index >= 15 is 0 Å². The molecule has 0 spiro atoms. The van der Waals surface area contributed by atoms with E-state index in [4.69, 9.17) is 14.2 Å². The molecule has 1 aliphatic rings. The molecule has 178 valence electrons. The van der Waals surface area contributed by atoms with Gasteiger partial charge in [-0.25, -0.2) is 4.98 Å². The van der Waals surface area contributed by atoms with Crippen LogP contribution in [0.3, 0.4) is 0 Å². The number of ether oxygens (including phenoxy) is 3. The Bertz CT molecular complexity index is 1280. The van der Waals surface area contributed by atoms with E-state index in [0.717, 1.165) is 22.9 Å². The maximum Gasteiger partial charge on any atom is 0.293 e. The van der Waals surface area contributed by atoms with Crippen molar-refractivity contribution in [3.05, 3.63) is 87.4 Å². The van der Waals surface area contributed by atoms with Gasteiger partial charge >= 0.3 is 0 Å². The summed E-state index contributed by atoms with van der Waals surface area (Å²) in [6.07, 6.45) is 2.69. The molecule has 11 heteroatoms. The van der Waals surface area contributed by atoms with E-state index in [1.807, 2.05) is 18.2 Å². The zero-order valence-electron chi connectivity index (χ0n) is 18.5. The van der Waals surface area contributed by atoms with Crippen LogP contribution in [0.1, 0.15) is 5.56 Å². The van der Waals surface area contributed by atoms with Gasteiger partial charge in [-0.05, 0) is 47.7 Å². The molecule has 0 N–H and O–H groups in total. The molecule has 4 rings (SSSR count). The number of carbonyl (C=O) groups is 2. The second-order valence-corrected chi connectivity index (χ2v) is 8.11. The highest BCUT2D eigenvalue weighted by Crippen LogP contribution is 2.35. The smallest absolute Gasteiger partial charge is 0.293 e. The van der Waals surface area contributed by atoms with Gasteiger partial charge in [-0.15, -0.1) is 0 Å². The summed E-state index contributed by atoms with van der Waals surface area (Å²) in [5.41, 5.74) is 0.470. The first-order valence-corrected chi connectivity index (χ1v) is 11.2. The van der Waals surface area contributed by atoms with Crippen LogP contribution in [0.2, 0.25) is 0 Å². The van der Waals surface area contributed by atoms with E-state index < -0.39 is 10.8 Å². The fraction of sp³-hybridized carbons (Fsp3) is 0.125. The molecule has 35 heavy (non-hydrogen) atoms. The Kier molecular flexibility index (Phi) is 7.27. The number of aromatic nitrogens is 1. The molecule has 2 aromatic carbocycles. The molecular formula is C24H19N3O7S. The van der Waals surface area contributed by atoms with Crippen molar-refractivity contribution >= 4 is 34.7 Å². The van der Waals surface area contributed by atoms with E-state index in [9.17, 15) is 19.7 Å². The summed E-state index contributed by atoms with van der Waals surface area (Å²) >= 11 is 0.853. The van der Waals surface area contributed by atoms with E-state index in [-0.39, 0.29) is 34.9 Å². The minimum atomic E-state index is -0.551. The SMILES string of the molecule is COc1cc(/C=C2\SC(=O)N(CCOc3ccccc3)C2=O)ccc1Oc1ccc([N+](=O)[O-])cn1. The average molecular weight is 493 g/mol. The molecule has 3 aromatic rings. The van der Waals surface area contributed by atoms with Gasteiger partial charge in [0.25, 0.3) is 16.8 Å². The standard InChI is InChI=1S/C24H19N3O7S/c1-32-20-13-16(7-9-19(20)34-22-10-8-17(15-25-22)27(30)31)14-21-23(28)26(24(29)35-21)11-12-33-18-5-3-2-4-6-18/h2-10,13-15H,11-12H2,1H3/b21-14-. The van der Waals surface area contributed by atoms with Crippen molar-refractivity contribution in [1.29, 1.82) is 0 Å². The first-order valence-electron chi connectivity index (χ1n) is 10.3. The minimum absolute atomic E-state index is 0.134. The number of hydrogen-bond donors (Lipinski definition) is 0. The predicted octanol–water partition coefficient (Wildman–Crippen LogP) is 4.91. The lowest BCUT2D eigenvalue weighted by Crippen LogP contribution is -2.32. The fourth-order valence-electron chi connectivity index (χ4n) is 3.13. The van der Waals surface area contributed by atoms with Crippen LogP contribution in [0.4, 0.5) is 10.5 Å². The Morgan fingerprint density at radius 1 is 1.09 bits per heavy atom. The summed E-state index contributed by atoms with van der Waals surface area (Å²) < 4.78 is 16.6. The van der Waals surface area contributed by atoms with Crippen molar-refractivity contribution < 1.29 is 28.7 Å². The van der Waals surface area contributed by atoms with Crippen molar-refractivity contribution in [2.75, 3.05) is 20.3 Å². The van der Waals surface area contributed by atoms with Gasteiger partial charge in [0.15, 0.2) is 11.5 Å². The Hall–Kier alpha value is -4.38. The van der Waals surface area contributed by atoms with E-state index in [2.05, 4.69) is 4.98 Å². The molecule has 1 fully saturated rings. The number of benzene rings is 2. The molecular weight excluding hydrogens is 474 g/mol. The van der Waals surface area contributed by atoms with Crippen molar-refractivity contribution in [2.45, 2.75) is 0 Å². The van der Waals surface area contributed by atoms with E-state index in [1.165, 1.54) is 19.2 Å². The Morgan fingerprint density at radius 2 is 1.89 bits per heavy atom. The van der Waals surface area contributed by atoms with Gasteiger partial charge in [0.2, 0.25) is 5.88 Å². The molecule has 0 atom stereocenters. The monoisotopic (exact) mass is 493 g/mol. The Balaban J connectivity index is 1.43. The first-order chi connectivity index (χ1) is 16.9. The van der Waals surface area contributed by atoms with Crippen LogP contribution >= 0.6 is 11.8 Å². The third-order valence-electron chi connectivity index (χ3n) is 4.83. The fourth-order valence-corrected chi connectivity index (χ4v) is 3.99. The molecule has 2 heterocycles. The number of amides is 2. The number of imide groups is 1. The molecule has 0 radical (unpaired) electrons. The normalized spacial score (nSPS) is 14.3. The van der Waals surface area contributed by atoms with Crippen LogP contribution in [0.5, 0.6) is 23.1 Å². The largest absolute Gasteiger partial charge is 0.493 e. The topological polar surface area (TPSA) is 121 Å². The number of pyridine rings is 1. The van der Waals surface area contributed by atoms with Gasteiger partial charge in [0.1, 0.15) is 18.6 Å². The summed E-state index contributed by atoms with van der Waals surface area (Å²) in [5.74, 6) is 1.10. The van der Waals surface area contributed by atoms with Gasteiger partial charge in [-0.3, -0.25) is 24.6 Å². The van der Waals surface area contributed by atoms with Gasteiger partial charge in [0.05, 0.1) is 23.5 Å². The third kappa shape index (κ3) is 5.76. The lowest BCUT2D eigenvalue weighted by Gasteiger charge is -2.13. The quantitative estimate of drug-likeness (QED) is 0.233. The van der Waals surface area contributed by atoms with Gasteiger partial charge in [0, 0.05) is 12.1 Å². The molecule has 0 unspecified atom stereocenters. The van der Waals surface area contributed by atoms with Crippen molar-refractivity contribution in [3.8, 4) is 23.1 Å². The van der Waals surface area contributed by atoms with Gasteiger partial charge < -0.3 is 14.2 Å². The summed E-state index contributed by atoms with van der Waals surface area (Å²) in [6, 6.07) is 16.8. The number of carbonyl (C=O) groups excluding carboxylic acids is 2. The zero-order chi connectivity index (χ0) is 24.8. The molecule has 0 saturated carbocycles. The lowest BCUT2D eigenvalue weighted by atomic mass is 10.2.